The molecule has 8 heteroatoms. The number of hydrogen-bond acceptors (Lipinski definition) is 4. The third-order valence-corrected chi connectivity index (χ3v) is 5.74. The van der Waals surface area contributed by atoms with E-state index in [4.69, 9.17) is 16.3 Å². The van der Waals surface area contributed by atoms with Crippen molar-refractivity contribution in [3.05, 3.63) is 59.1 Å². The first-order valence-corrected chi connectivity index (χ1v) is 10.1. The summed E-state index contributed by atoms with van der Waals surface area (Å²) in [4.78, 5) is 12.4. The van der Waals surface area contributed by atoms with E-state index in [-0.39, 0.29) is 33.2 Å². The van der Waals surface area contributed by atoms with Crippen molar-refractivity contribution in [1.29, 1.82) is 0 Å². The summed E-state index contributed by atoms with van der Waals surface area (Å²) in [5, 5.41) is 2.96. The van der Waals surface area contributed by atoms with Gasteiger partial charge in [0.2, 0.25) is 0 Å². The number of nitrogens with one attached hydrogen (secondary N) is 2. The zero-order chi connectivity index (χ0) is 18.6. The highest BCUT2D eigenvalue weighted by atomic mass is 35.5. The minimum absolute atomic E-state index is 0.0367. The minimum Gasteiger partial charge on any atom is -0.376 e. The highest BCUT2D eigenvalue weighted by molar-refractivity contribution is 7.92. The molecule has 1 fully saturated rings. The van der Waals surface area contributed by atoms with E-state index in [2.05, 4.69) is 10.0 Å². The molecule has 0 unspecified atom stereocenters. The largest absolute Gasteiger partial charge is 0.376 e. The Morgan fingerprint density at radius 2 is 1.96 bits per heavy atom. The molecule has 1 atom stereocenters. The Bertz CT molecular complexity index is 881. The van der Waals surface area contributed by atoms with Gasteiger partial charge in [-0.05, 0) is 43.2 Å². The van der Waals surface area contributed by atoms with Crippen LogP contribution in [0.25, 0.3) is 0 Å². The van der Waals surface area contributed by atoms with E-state index in [0.717, 1.165) is 19.4 Å². The van der Waals surface area contributed by atoms with Crippen molar-refractivity contribution < 1.29 is 17.9 Å². The maximum atomic E-state index is 12.3. The summed E-state index contributed by atoms with van der Waals surface area (Å²) in [5.41, 5.74) is 0.571. The Balaban J connectivity index is 1.68. The smallest absolute Gasteiger partial charge is 0.261 e. The maximum absolute atomic E-state index is 12.3. The van der Waals surface area contributed by atoms with Crippen LogP contribution in [-0.2, 0) is 14.8 Å². The first-order chi connectivity index (χ1) is 12.5. The van der Waals surface area contributed by atoms with Crippen LogP contribution in [0.5, 0.6) is 0 Å². The van der Waals surface area contributed by atoms with Crippen LogP contribution in [0.3, 0.4) is 0 Å². The number of halogens is 1. The van der Waals surface area contributed by atoms with Crippen molar-refractivity contribution in [1.82, 2.24) is 5.32 Å². The van der Waals surface area contributed by atoms with Crippen molar-refractivity contribution in [2.75, 3.05) is 17.9 Å². The SMILES string of the molecule is O=C(NC[C@H]1CCCO1)c1ccc(NS(=O)(=O)c2ccccc2)cc1Cl. The molecular formula is C18H19ClN2O4S. The second-order valence-corrected chi connectivity index (χ2v) is 8.05. The van der Waals surface area contributed by atoms with E-state index < -0.39 is 10.0 Å². The number of hydrogen-bond donors (Lipinski definition) is 2. The van der Waals surface area contributed by atoms with Gasteiger partial charge in [0.1, 0.15) is 0 Å². The van der Waals surface area contributed by atoms with Gasteiger partial charge in [-0.15, -0.1) is 0 Å². The van der Waals surface area contributed by atoms with Gasteiger partial charge in [0.25, 0.3) is 15.9 Å². The molecule has 26 heavy (non-hydrogen) atoms. The van der Waals surface area contributed by atoms with Crippen LogP contribution >= 0.6 is 11.6 Å². The van der Waals surface area contributed by atoms with Gasteiger partial charge in [-0.25, -0.2) is 8.42 Å². The fraction of sp³-hybridized carbons (Fsp3) is 0.278. The third kappa shape index (κ3) is 4.55. The third-order valence-electron chi connectivity index (χ3n) is 4.03. The van der Waals surface area contributed by atoms with E-state index in [1.54, 1.807) is 18.2 Å². The normalized spacial score (nSPS) is 17.0. The number of anilines is 1. The van der Waals surface area contributed by atoms with Crippen LogP contribution in [-0.4, -0.2) is 33.6 Å². The highest BCUT2D eigenvalue weighted by Crippen LogP contribution is 2.23. The highest BCUT2D eigenvalue weighted by Gasteiger charge is 2.19. The summed E-state index contributed by atoms with van der Waals surface area (Å²) in [6.07, 6.45) is 1.96. The van der Waals surface area contributed by atoms with Crippen LogP contribution in [0, 0.1) is 0 Å². The van der Waals surface area contributed by atoms with Gasteiger partial charge in [0, 0.05) is 13.2 Å². The molecule has 0 bridgehead atoms. The van der Waals surface area contributed by atoms with Crippen molar-refractivity contribution >= 4 is 33.2 Å². The molecular weight excluding hydrogens is 376 g/mol. The van der Waals surface area contributed by atoms with Gasteiger partial charge in [-0.1, -0.05) is 29.8 Å². The molecule has 2 aromatic carbocycles. The number of carbonyl (C=O) groups excluding carboxylic acids is 1. The van der Waals surface area contributed by atoms with Crippen LogP contribution in [0.1, 0.15) is 23.2 Å². The second-order valence-electron chi connectivity index (χ2n) is 5.96. The summed E-state index contributed by atoms with van der Waals surface area (Å²) in [6, 6.07) is 12.4. The molecule has 138 valence electrons. The number of rotatable bonds is 6. The Morgan fingerprint density at radius 1 is 1.19 bits per heavy atom. The molecule has 3 rings (SSSR count). The second kappa shape index (κ2) is 8.07. The molecule has 1 aliphatic heterocycles. The van der Waals surface area contributed by atoms with Crippen molar-refractivity contribution in [2.24, 2.45) is 0 Å². The molecule has 0 radical (unpaired) electrons. The predicted molar refractivity (Wildman–Crippen MR) is 100 cm³/mol. The van der Waals surface area contributed by atoms with Crippen LogP contribution < -0.4 is 10.0 Å². The molecule has 1 saturated heterocycles. The fourth-order valence-electron chi connectivity index (χ4n) is 2.68. The van der Waals surface area contributed by atoms with E-state index in [1.165, 1.54) is 30.3 Å². The number of amides is 1. The average Bonchev–Trinajstić information content (AvgIpc) is 3.14. The summed E-state index contributed by atoms with van der Waals surface area (Å²) < 4.78 is 32.6. The predicted octanol–water partition coefficient (Wildman–Crippen LogP) is 3.05. The topological polar surface area (TPSA) is 84.5 Å². The maximum Gasteiger partial charge on any atom is 0.261 e. The van der Waals surface area contributed by atoms with Gasteiger partial charge >= 0.3 is 0 Å². The lowest BCUT2D eigenvalue weighted by molar-refractivity contribution is 0.0858. The molecule has 1 aliphatic rings. The summed E-state index contributed by atoms with van der Waals surface area (Å²) >= 11 is 6.17. The molecule has 6 nitrogen and oxygen atoms in total. The fourth-order valence-corrected chi connectivity index (χ4v) is 4.02. The Labute approximate surface area is 157 Å². The summed E-state index contributed by atoms with van der Waals surface area (Å²) in [7, 11) is -3.71. The quantitative estimate of drug-likeness (QED) is 0.788. The van der Waals surface area contributed by atoms with Gasteiger partial charge in [0.05, 0.1) is 27.3 Å². The van der Waals surface area contributed by atoms with Crippen LogP contribution in [0.15, 0.2) is 53.4 Å². The molecule has 0 spiro atoms. The Kier molecular flexibility index (Phi) is 5.80. The van der Waals surface area contributed by atoms with Gasteiger partial charge < -0.3 is 10.1 Å². The zero-order valence-electron chi connectivity index (χ0n) is 13.9. The average molecular weight is 395 g/mol. The monoisotopic (exact) mass is 394 g/mol. The molecule has 0 saturated carbocycles. The van der Waals surface area contributed by atoms with E-state index >= 15 is 0 Å². The Hall–Kier alpha value is -2.09. The summed E-state index contributed by atoms with van der Waals surface area (Å²) in [5.74, 6) is -0.317. The van der Waals surface area contributed by atoms with Crippen molar-refractivity contribution in [3.8, 4) is 0 Å². The number of benzene rings is 2. The lowest BCUT2D eigenvalue weighted by atomic mass is 10.2. The zero-order valence-corrected chi connectivity index (χ0v) is 15.5. The lowest BCUT2D eigenvalue weighted by Crippen LogP contribution is -2.31. The molecule has 0 aliphatic carbocycles. The van der Waals surface area contributed by atoms with Gasteiger partial charge in [-0.3, -0.25) is 9.52 Å². The van der Waals surface area contributed by atoms with E-state index in [0.29, 0.717) is 6.54 Å². The standard InChI is InChI=1S/C18H19ClN2O4S/c19-17-11-13(21-26(23,24)15-6-2-1-3-7-15)8-9-16(17)18(22)20-12-14-5-4-10-25-14/h1-3,6-9,11,14,21H,4-5,10,12H2,(H,20,22)/t14-/m1/s1. The van der Waals surface area contributed by atoms with Crippen molar-refractivity contribution in [2.45, 2.75) is 23.8 Å². The first-order valence-electron chi connectivity index (χ1n) is 8.23. The van der Waals surface area contributed by atoms with Gasteiger partial charge in [0.15, 0.2) is 0 Å². The van der Waals surface area contributed by atoms with Gasteiger partial charge in [-0.2, -0.15) is 0 Å². The van der Waals surface area contributed by atoms with Crippen LogP contribution in [0.2, 0.25) is 5.02 Å². The number of sulfonamides is 1. The van der Waals surface area contributed by atoms with E-state index in [9.17, 15) is 13.2 Å². The molecule has 1 heterocycles. The number of ether oxygens (including phenoxy) is 1. The first kappa shape index (κ1) is 18.7. The Morgan fingerprint density at radius 3 is 2.62 bits per heavy atom. The minimum atomic E-state index is -3.71. The lowest BCUT2D eigenvalue weighted by Gasteiger charge is -2.13. The molecule has 0 aromatic heterocycles. The van der Waals surface area contributed by atoms with Crippen molar-refractivity contribution in [3.63, 3.8) is 0 Å². The van der Waals surface area contributed by atoms with Crippen LogP contribution in [0.4, 0.5) is 5.69 Å². The molecule has 2 N–H and O–H groups in total. The van der Waals surface area contributed by atoms with E-state index in [1.807, 2.05) is 0 Å². The number of carbonyl (C=O) groups is 1. The molecule has 2 aromatic rings. The summed E-state index contributed by atoms with van der Waals surface area (Å²) in [6.45, 7) is 1.15. The molecule has 1 amide bonds.